The van der Waals surface area contributed by atoms with E-state index in [4.69, 9.17) is 0 Å². The van der Waals surface area contributed by atoms with E-state index >= 15 is 0 Å². The topological polar surface area (TPSA) is 223 Å². The van der Waals surface area contributed by atoms with Gasteiger partial charge in [-0.05, 0) is 70.5 Å². The maximum absolute atomic E-state index is 13.6. The van der Waals surface area contributed by atoms with E-state index in [1.807, 2.05) is 36.4 Å². The Labute approximate surface area is 420 Å². The second-order valence-electron chi connectivity index (χ2n) is 16.4. The zero-order chi connectivity index (χ0) is 52.6. The number of nitrogens with zero attached hydrogens (tertiary/aromatic N) is 9. The molecule has 4 aromatic carbocycles. The average Bonchev–Trinajstić information content (AvgIpc) is 4.17. The van der Waals surface area contributed by atoms with Crippen LogP contribution in [-0.2, 0) is 19.2 Å². The Balaban J connectivity index is 0.000000183. The van der Waals surface area contributed by atoms with Gasteiger partial charge in [-0.25, -0.2) is 28.7 Å². The van der Waals surface area contributed by atoms with Gasteiger partial charge in [-0.2, -0.15) is 32.4 Å². The van der Waals surface area contributed by atoms with E-state index in [2.05, 4.69) is 67.5 Å². The summed E-state index contributed by atoms with van der Waals surface area (Å²) in [7, 11) is 1.50. The van der Waals surface area contributed by atoms with Crippen LogP contribution in [0.3, 0.4) is 0 Å². The van der Waals surface area contributed by atoms with Crippen LogP contribution in [0.4, 0.5) is 37.7 Å². The Morgan fingerprint density at radius 1 is 0.644 bits per heavy atom. The fourth-order valence-electron chi connectivity index (χ4n) is 8.11. The highest BCUT2D eigenvalue weighted by Crippen LogP contribution is 2.40. The third-order valence-electron chi connectivity index (χ3n) is 11.3. The lowest BCUT2D eigenvalue weighted by Gasteiger charge is -2.29. The number of anilines is 2. The van der Waals surface area contributed by atoms with Gasteiger partial charge in [0.05, 0.1) is 72.4 Å². The van der Waals surface area contributed by atoms with Crippen LogP contribution < -0.4 is 26.2 Å². The molecule has 4 aromatic heterocycles. The Hall–Kier alpha value is -8.12. The summed E-state index contributed by atoms with van der Waals surface area (Å²) >= 11 is 2.96. The molecule has 17 nitrogen and oxygen atoms in total. The van der Waals surface area contributed by atoms with Crippen LogP contribution in [0.15, 0.2) is 139 Å². The van der Waals surface area contributed by atoms with E-state index in [1.165, 1.54) is 16.6 Å². The van der Waals surface area contributed by atoms with Crippen LogP contribution in [0.25, 0.3) is 27.8 Å². The van der Waals surface area contributed by atoms with Crippen molar-refractivity contribution < 1.29 is 45.5 Å². The molecular weight excluding hydrogens is 1030 g/mol. The number of carbonyl (C=O) groups is 4. The maximum atomic E-state index is 13.6. The standard InChI is InChI=1S/C24H19F3N6O2.C20H18F2N4O2.C4H2BrFN2.CH5N/c1-24(26,27)22(35)31-18-10-20(34)32(21(18)14-5-3-2-4-6-14)17-7-8-19-15(9-17)11-30-33(19)23-28-12-16(25)13-29-23;1-20(21,22)19(28)24-16-10-17(27)26(18(16)12-5-3-2-4-6-12)14-7-8-15-13(9-14)11-23-25-15;5-4-7-1-3(6)2-8-4;1-2/h2-9,11-13,18,21H,10H2,1H3,(H,31,35);2-9,11,16,18H,10H2,1H3,(H,23,25)(H,24,28);1-2H;2H2,1H3/t18-,21?;16-,18?;;/m00../s1. The number of rotatable bonds is 9. The first kappa shape index (κ1) is 52.7. The van der Waals surface area contributed by atoms with Crippen molar-refractivity contribution in [2.45, 2.75) is 62.7 Å². The quantitative estimate of drug-likeness (QED) is 0.0810. The molecule has 4 amide bonds. The van der Waals surface area contributed by atoms with E-state index in [-0.39, 0.29) is 30.6 Å². The van der Waals surface area contributed by atoms with E-state index in [1.54, 1.807) is 78.0 Å². The number of fused-ring (bicyclic) bond motifs is 2. The van der Waals surface area contributed by atoms with Crippen LogP contribution in [-0.4, -0.2) is 94.5 Å². The highest BCUT2D eigenvalue weighted by Gasteiger charge is 2.46. The van der Waals surface area contributed by atoms with Gasteiger partial charge in [-0.1, -0.05) is 60.7 Å². The van der Waals surface area contributed by atoms with Gasteiger partial charge in [-0.3, -0.25) is 24.3 Å². The molecule has 2 aliphatic rings. The SMILES string of the molecule is CC(F)(F)C(=O)N[C@H]1CC(=O)N(c2ccc3[nH]ncc3c2)C1c1ccccc1.CC(F)(F)C(=O)N[C@H]1CC(=O)N(c2ccc3c(cnn3-c3ncc(F)cn3)c2)C1c1ccccc1.CN.Fc1cnc(Br)nc1. The number of benzene rings is 4. The van der Waals surface area contributed by atoms with Crippen LogP contribution in [0, 0.1) is 11.6 Å². The van der Waals surface area contributed by atoms with Crippen LogP contribution in [0.2, 0.25) is 0 Å². The van der Waals surface area contributed by atoms with Gasteiger partial charge in [0.15, 0.2) is 16.4 Å². The monoisotopic (exact) mass is 1070 g/mol. The van der Waals surface area contributed by atoms with E-state index < -0.39 is 59.5 Å². The number of aromatic amines is 1. The Kier molecular flexibility index (Phi) is 16.3. The molecule has 8 aromatic rings. The van der Waals surface area contributed by atoms with Gasteiger partial charge in [0.25, 0.3) is 17.8 Å². The molecule has 0 spiro atoms. The van der Waals surface area contributed by atoms with Crippen LogP contribution in [0.1, 0.15) is 49.9 Å². The summed E-state index contributed by atoms with van der Waals surface area (Å²) in [6, 6.07) is 25.6. The molecule has 6 heterocycles. The molecule has 2 aliphatic heterocycles. The summed E-state index contributed by atoms with van der Waals surface area (Å²) < 4.78 is 81.1. The molecule has 378 valence electrons. The van der Waals surface area contributed by atoms with Crippen LogP contribution >= 0.6 is 15.9 Å². The van der Waals surface area contributed by atoms with Gasteiger partial charge in [0, 0.05) is 48.8 Å². The van der Waals surface area contributed by atoms with Gasteiger partial charge < -0.3 is 26.2 Å². The van der Waals surface area contributed by atoms with Crippen molar-refractivity contribution in [3.05, 3.63) is 162 Å². The van der Waals surface area contributed by atoms with E-state index in [0.29, 0.717) is 46.4 Å². The smallest absolute Gasteiger partial charge is 0.321 e. The number of nitrogens with two attached hydrogens (primary N) is 1. The number of alkyl halides is 4. The molecule has 0 aliphatic carbocycles. The molecular formula is C49H44BrF6N13O4. The van der Waals surface area contributed by atoms with Gasteiger partial charge in [-0.15, -0.1) is 0 Å². The fraction of sp³-hybridized carbons (Fsp3) is 0.224. The molecule has 0 bridgehead atoms. The highest BCUT2D eigenvalue weighted by molar-refractivity contribution is 9.10. The normalized spacial score (nSPS) is 17.5. The number of halogens is 7. The third-order valence-corrected chi connectivity index (χ3v) is 11.7. The van der Waals surface area contributed by atoms with Crippen molar-refractivity contribution in [2.75, 3.05) is 16.8 Å². The first-order valence-corrected chi connectivity index (χ1v) is 22.9. The molecule has 4 atom stereocenters. The van der Waals surface area contributed by atoms with Crippen molar-refractivity contribution in [1.29, 1.82) is 0 Å². The van der Waals surface area contributed by atoms with Crippen molar-refractivity contribution in [3.63, 3.8) is 0 Å². The number of hydrogen-bond acceptors (Lipinski definition) is 11. The predicted molar refractivity (Wildman–Crippen MR) is 260 cm³/mol. The van der Waals surface area contributed by atoms with Gasteiger partial charge in [0.1, 0.15) is 0 Å². The van der Waals surface area contributed by atoms with Crippen molar-refractivity contribution in [3.8, 4) is 5.95 Å². The second-order valence-corrected chi connectivity index (χ2v) is 17.1. The molecule has 2 fully saturated rings. The number of H-pyrrole nitrogens is 1. The summed E-state index contributed by atoms with van der Waals surface area (Å²) in [6.07, 6.45) is 7.26. The fourth-order valence-corrected chi connectivity index (χ4v) is 8.31. The average molecular weight is 1070 g/mol. The number of hydrogen-bond donors (Lipinski definition) is 4. The van der Waals surface area contributed by atoms with E-state index in [0.717, 1.165) is 41.3 Å². The zero-order valence-corrected chi connectivity index (χ0v) is 40.4. The number of carbonyl (C=O) groups excluding carboxylic acids is 4. The number of aromatic nitrogens is 8. The predicted octanol–water partition coefficient (Wildman–Crippen LogP) is 7.71. The van der Waals surface area contributed by atoms with Crippen LogP contribution in [0.5, 0.6) is 0 Å². The summed E-state index contributed by atoms with van der Waals surface area (Å²) in [5.74, 6) is -11.3. The third kappa shape index (κ3) is 12.3. The number of amides is 4. The minimum Gasteiger partial charge on any atom is -0.345 e. The van der Waals surface area contributed by atoms with Crippen molar-refractivity contribution in [1.82, 2.24) is 50.5 Å². The zero-order valence-electron chi connectivity index (χ0n) is 38.8. The molecule has 0 saturated carbocycles. The minimum atomic E-state index is -3.58. The molecule has 73 heavy (non-hydrogen) atoms. The van der Waals surface area contributed by atoms with Gasteiger partial charge in [0.2, 0.25) is 11.8 Å². The van der Waals surface area contributed by atoms with E-state index in [9.17, 15) is 45.5 Å². The van der Waals surface area contributed by atoms with Crippen molar-refractivity contribution >= 4 is 72.7 Å². The summed E-state index contributed by atoms with van der Waals surface area (Å²) in [5, 5.41) is 17.3. The summed E-state index contributed by atoms with van der Waals surface area (Å²) in [5.41, 5.74) is 8.52. The van der Waals surface area contributed by atoms with Gasteiger partial charge >= 0.3 is 11.8 Å². The molecule has 24 heteroatoms. The lowest BCUT2D eigenvalue weighted by molar-refractivity contribution is -0.144. The highest BCUT2D eigenvalue weighted by atomic mass is 79.9. The lowest BCUT2D eigenvalue weighted by atomic mass is 9.99. The first-order chi connectivity index (χ1) is 34.8. The number of nitrogens with one attached hydrogen (secondary N) is 3. The Bertz CT molecular complexity index is 3180. The first-order valence-electron chi connectivity index (χ1n) is 22.1. The summed E-state index contributed by atoms with van der Waals surface area (Å²) in [6.45, 7) is 1.06. The molecule has 10 rings (SSSR count). The largest absolute Gasteiger partial charge is 0.345 e. The summed E-state index contributed by atoms with van der Waals surface area (Å²) in [4.78, 5) is 67.8. The maximum Gasteiger partial charge on any atom is 0.321 e. The van der Waals surface area contributed by atoms with Crippen molar-refractivity contribution in [2.24, 2.45) is 5.73 Å². The molecule has 0 radical (unpaired) electrons. The second kappa shape index (κ2) is 22.5. The molecule has 2 unspecified atom stereocenters. The molecule has 2 saturated heterocycles. The minimum absolute atomic E-state index is 0.0647. The lowest BCUT2D eigenvalue weighted by Crippen LogP contribution is -2.46. The Morgan fingerprint density at radius 2 is 1.10 bits per heavy atom. The molecule has 5 N–H and O–H groups in total. The Morgan fingerprint density at radius 3 is 1.56 bits per heavy atom.